The van der Waals surface area contributed by atoms with E-state index in [0.29, 0.717) is 35.4 Å². The molecule has 4 aliphatic rings. The molecule has 52 heavy (non-hydrogen) atoms. The van der Waals surface area contributed by atoms with Crippen LogP contribution < -0.4 is 0 Å². The van der Waals surface area contributed by atoms with Crippen LogP contribution in [0.4, 0.5) is 0 Å². The fourth-order valence-corrected chi connectivity index (χ4v) is 12.0. The number of aliphatic hydroxyl groups excluding tert-OH is 1. The van der Waals surface area contributed by atoms with Gasteiger partial charge in [-0.25, -0.2) is 0 Å². The summed E-state index contributed by atoms with van der Waals surface area (Å²) in [6, 6.07) is 0. The predicted molar refractivity (Wildman–Crippen MR) is 215 cm³/mol. The SMILES string of the molecule is CC(C)(O)CCCC(CCCC(C)(C)O)[C@H]1CCC2C(=O)CCC[C@@]21C.CC(C)(O)CCCC(CCCC(C)(C)O)[C@H]1CCC2[C@@H](O)CCC[C@@]21C. The third-order valence-corrected chi connectivity index (χ3v) is 14.7. The first kappa shape index (κ1) is 45.9. The monoisotopic (exact) mass is 735 g/mol. The van der Waals surface area contributed by atoms with Crippen molar-refractivity contribution in [1.82, 2.24) is 0 Å². The van der Waals surface area contributed by atoms with Crippen molar-refractivity contribution in [1.29, 1.82) is 0 Å². The second-order valence-corrected chi connectivity index (χ2v) is 21.7. The number of carbonyl (C=O) groups excluding carboxylic acids is 1. The average Bonchev–Trinajstić information content (AvgIpc) is 3.52. The minimum absolute atomic E-state index is 0.104. The van der Waals surface area contributed by atoms with E-state index in [-0.39, 0.29) is 22.9 Å². The Labute approximate surface area is 320 Å². The zero-order chi connectivity index (χ0) is 39.2. The van der Waals surface area contributed by atoms with Crippen LogP contribution in [0.3, 0.4) is 0 Å². The molecule has 2 unspecified atom stereocenters. The molecule has 306 valence electrons. The summed E-state index contributed by atoms with van der Waals surface area (Å²) in [5.74, 6) is 3.85. The lowest BCUT2D eigenvalue weighted by atomic mass is 9.60. The molecule has 0 aliphatic heterocycles. The Balaban J connectivity index is 0.000000280. The number of ketones is 1. The minimum Gasteiger partial charge on any atom is -0.393 e. The Morgan fingerprint density at radius 1 is 0.577 bits per heavy atom. The van der Waals surface area contributed by atoms with E-state index in [0.717, 1.165) is 96.3 Å². The Kier molecular flexibility index (Phi) is 16.4. The van der Waals surface area contributed by atoms with E-state index in [1.807, 2.05) is 55.4 Å². The molecule has 0 heterocycles. The number of Topliss-reactive ketones (excluding diaryl/α,β-unsaturated/α-hetero) is 1. The van der Waals surface area contributed by atoms with Crippen LogP contribution in [0.1, 0.15) is 210 Å². The largest absolute Gasteiger partial charge is 0.393 e. The van der Waals surface area contributed by atoms with E-state index in [1.165, 1.54) is 44.9 Å². The maximum Gasteiger partial charge on any atom is 0.136 e. The fourth-order valence-electron chi connectivity index (χ4n) is 12.0. The molecule has 6 nitrogen and oxygen atoms in total. The van der Waals surface area contributed by atoms with Crippen LogP contribution in [-0.4, -0.2) is 59.8 Å². The van der Waals surface area contributed by atoms with Crippen molar-refractivity contribution in [3.05, 3.63) is 0 Å². The molecule has 4 rings (SSSR count). The number of aliphatic hydroxyl groups is 5. The van der Waals surface area contributed by atoms with E-state index in [9.17, 15) is 30.3 Å². The summed E-state index contributed by atoms with van der Waals surface area (Å²) < 4.78 is 0. The minimum atomic E-state index is -0.597. The summed E-state index contributed by atoms with van der Waals surface area (Å²) in [4.78, 5) is 12.5. The smallest absolute Gasteiger partial charge is 0.136 e. The van der Waals surface area contributed by atoms with Gasteiger partial charge in [0.1, 0.15) is 5.78 Å². The first-order chi connectivity index (χ1) is 23.8. The molecule has 0 aromatic rings. The summed E-state index contributed by atoms with van der Waals surface area (Å²) in [6.07, 6.45) is 23.2. The number of hydrogen-bond acceptors (Lipinski definition) is 6. The van der Waals surface area contributed by atoms with Gasteiger partial charge in [-0.15, -0.1) is 0 Å². The van der Waals surface area contributed by atoms with Crippen LogP contribution in [0.5, 0.6) is 0 Å². The lowest BCUT2D eigenvalue weighted by Crippen LogP contribution is -2.42. The Morgan fingerprint density at radius 2 is 0.962 bits per heavy atom. The van der Waals surface area contributed by atoms with Crippen LogP contribution >= 0.6 is 0 Å². The second kappa shape index (κ2) is 18.6. The van der Waals surface area contributed by atoms with Crippen LogP contribution in [-0.2, 0) is 4.79 Å². The molecule has 4 saturated carbocycles. The van der Waals surface area contributed by atoms with E-state index in [1.54, 1.807) is 0 Å². The lowest BCUT2D eigenvalue weighted by Gasteiger charge is -2.46. The van der Waals surface area contributed by atoms with Crippen molar-refractivity contribution in [2.75, 3.05) is 0 Å². The van der Waals surface area contributed by atoms with E-state index in [4.69, 9.17) is 0 Å². The molecule has 4 aliphatic carbocycles. The Hall–Kier alpha value is -0.530. The van der Waals surface area contributed by atoms with Gasteiger partial charge in [0.25, 0.3) is 0 Å². The molecule has 5 N–H and O–H groups in total. The zero-order valence-corrected chi connectivity index (χ0v) is 35.7. The van der Waals surface area contributed by atoms with E-state index >= 15 is 0 Å². The first-order valence-corrected chi connectivity index (χ1v) is 21.9. The van der Waals surface area contributed by atoms with Gasteiger partial charge in [-0.2, -0.15) is 0 Å². The van der Waals surface area contributed by atoms with Crippen molar-refractivity contribution in [2.24, 2.45) is 46.3 Å². The quantitative estimate of drug-likeness (QED) is 0.0957. The van der Waals surface area contributed by atoms with E-state index in [2.05, 4.69) is 13.8 Å². The molecular formula is C46H86O6. The summed E-state index contributed by atoms with van der Waals surface area (Å²) in [6.45, 7) is 20.0. The molecule has 0 radical (unpaired) electrons. The third-order valence-electron chi connectivity index (χ3n) is 14.7. The molecule has 0 aromatic carbocycles. The average molecular weight is 735 g/mol. The number of fused-ring (bicyclic) bond motifs is 2. The molecule has 7 atom stereocenters. The van der Waals surface area contributed by atoms with Gasteiger partial charge >= 0.3 is 0 Å². The number of carbonyl (C=O) groups is 1. The standard InChI is InChI=1S/C23H44O3.C23H42O3/c2*1-21(2,25)14-6-9-17(10-7-15-22(3,4)26)18-12-13-19-20(24)11-8-16-23(18,19)5/h17-20,24-26H,6-16H2,1-5H3;17-19,25-26H,6-16H2,1-5H3/t18-,19?,20+,23-;18-,19?,23-/m11/s1. The summed E-state index contributed by atoms with van der Waals surface area (Å²) in [5.41, 5.74) is -1.89. The van der Waals surface area contributed by atoms with Crippen LogP contribution in [0, 0.1) is 46.3 Å². The maximum atomic E-state index is 12.5. The molecule has 4 fully saturated rings. The lowest BCUT2D eigenvalue weighted by molar-refractivity contribution is -0.130. The topological polar surface area (TPSA) is 118 Å². The van der Waals surface area contributed by atoms with Gasteiger partial charge in [-0.3, -0.25) is 4.79 Å². The maximum absolute atomic E-state index is 12.5. The molecule has 0 bridgehead atoms. The van der Waals surface area contributed by atoms with Crippen molar-refractivity contribution >= 4 is 5.78 Å². The highest BCUT2D eigenvalue weighted by atomic mass is 16.3. The zero-order valence-electron chi connectivity index (χ0n) is 35.7. The second-order valence-electron chi connectivity index (χ2n) is 21.7. The normalized spacial score (nSPS) is 31.5. The van der Waals surface area contributed by atoms with Crippen LogP contribution in [0.15, 0.2) is 0 Å². The highest BCUT2D eigenvalue weighted by molar-refractivity contribution is 5.83. The van der Waals surface area contributed by atoms with Crippen LogP contribution in [0.25, 0.3) is 0 Å². The van der Waals surface area contributed by atoms with Gasteiger partial charge in [0.05, 0.1) is 28.5 Å². The fraction of sp³-hybridized carbons (Fsp3) is 0.978. The van der Waals surface area contributed by atoms with E-state index < -0.39 is 22.4 Å². The predicted octanol–water partition coefficient (Wildman–Crippen LogP) is 10.3. The Bertz CT molecular complexity index is 1030. The summed E-state index contributed by atoms with van der Waals surface area (Å²) >= 11 is 0. The summed E-state index contributed by atoms with van der Waals surface area (Å²) in [5, 5.41) is 50.9. The van der Waals surface area contributed by atoms with Gasteiger partial charge in [0, 0.05) is 12.3 Å². The van der Waals surface area contributed by atoms with Gasteiger partial charge in [-0.05, 0) is 173 Å². The van der Waals surface area contributed by atoms with Crippen LogP contribution in [0.2, 0.25) is 0 Å². The third kappa shape index (κ3) is 13.9. The van der Waals surface area contributed by atoms with Gasteiger partial charge in [0.15, 0.2) is 0 Å². The van der Waals surface area contributed by atoms with Crippen molar-refractivity contribution in [2.45, 2.75) is 239 Å². The molecule has 0 spiro atoms. The molecular weight excluding hydrogens is 649 g/mol. The van der Waals surface area contributed by atoms with Gasteiger partial charge in [-0.1, -0.05) is 71.6 Å². The first-order valence-electron chi connectivity index (χ1n) is 21.9. The Morgan fingerprint density at radius 3 is 1.38 bits per heavy atom. The summed E-state index contributed by atoms with van der Waals surface area (Å²) in [7, 11) is 0. The van der Waals surface area contributed by atoms with Gasteiger partial charge < -0.3 is 25.5 Å². The highest BCUT2D eigenvalue weighted by Gasteiger charge is 2.54. The molecule has 0 aromatic heterocycles. The highest BCUT2D eigenvalue weighted by Crippen LogP contribution is 2.60. The van der Waals surface area contributed by atoms with Gasteiger partial charge in [0.2, 0.25) is 0 Å². The van der Waals surface area contributed by atoms with Crippen molar-refractivity contribution in [3.63, 3.8) is 0 Å². The van der Waals surface area contributed by atoms with Crippen molar-refractivity contribution < 1.29 is 30.3 Å². The van der Waals surface area contributed by atoms with Crippen molar-refractivity contribution in [3.8, 4) is 0 Å². The molecule has 0 saturated heterocycles. The molecule has 6 heteroatoms. The molecule has 0 amide bonds. The number of hydrogen-bond donors (Lipinski definition) is 5. The number of rotatable bonds is 18.